The first-order chi connectivity index (χ1) is 16.5. The molecule has 0 saturated carbocycles. The molecule has 0 aromatic heterocycles. The van der Waals surface area contributed by atoms with Crippen molar-refractivity contribution in [3.05, 3.63) is 29.3 Å². The average molecular weight is 491 g/mol. The van der Waals surface area contributed by atoms with Gasteiger partial charge in [-0.2, -0.15) is 13.4 Å². The molecule has 3 N–H and O–H groups in total. The van der Waals surface area contributed by atoms with Gasteiger partial charge in [0.25, 0.3) is 0 Å². The minimum absolute atomic E-state index is 0.238. The van der Waals surface area contributed by atoms with E-state index in [-0.39, 0.29) is 11.9 Å². The third-order valence-electron chi connectivity index (χ3n) is 6.78. The Bertz CT molecular complexity index is 1000. The highest BCUT2D eigenvalue weighted by Crippen LogP contribution is 2.39. The maximum atomic E-state index is 12.4. The van der Waals surface area contributed by atoms with E-state index >= 15 is 0 Å². The summed E-state index contributed by atoms with van der Waals surface area (Å²) in [7, 11) is -3.84. The van der Waals surface area contributed by atoms with Gasteiger partial charge in [-0.25, -0.2) is 4.31 Å². The first-order valence-electron chi connectivity index (χ1n) is 12.7. The number of aliphatic imine (C=N–C) groups is 1. The number of guanidine groups is 2. The van der Waals surface area contributed by atoms with Gasteiger partial charge in [-0.1, -0.05) is 31.9 Å². The molecule has 1 aromatic rings. The summed E-state index contributed by atoms with van der Waals surface area (Å²) in [5.41, 5.74) is 8.41. The molecular weight excluding hydrogens is 452 g/mol. The molecule has 34 heavy (non-hydrogen) atoms. The van der Waals surface area contributed by atoms with Gasteiger partial charge in [0.1, 0.15) is 5.75 Å². The fourth-order valence-electron chi connectivity index (χ4n) is 5.10. The summed E-state index contributed by atoms with van der Waals surface area (Å²) in [4.78, 5) is 6.77. The molecule has 9 nitrogen and oxygen atoms in total. The Morgan fingerprint density at radius 2 is 2.00 bits per heavy atom. The fraction of sp³-hybridized carbons (Fsp3) is 0.667. The van der Waals surface area contributed by atoms with Crippen molar-refractivity contribution in [2.24, 2.45) is 15.1 Å². The van der Waals surface area contributed by atoms with Gasteiger partial charge in [-0.05, 0) is 75.2 Å². The number of hydrogen-bond donors (Lipinski definition) is 2. The van der Waals surface area contributed by atoms with Crippen LogP contribution in [0.5, 0.6) is 5.75 Å². The number of likely N-dealkylation sites (tertiary alicyclic amines) is 1. The van der Waals surface area contributed by atoms with E-state index in [0.29, 0.717) is 32.2 Å². The number of nitrogens with one attached hydrogen (secondary N) is 1. The van der Waals surface area contributed by atoms with E-state index in [0.717, 1.165) is 25.0 Å². The van der Waals surface area contributed by atoms with Crippen molar-refractivity contribution in [1.82, 2.24) is 14.5 Å². The van der Waals surface area contributed by atoms with E-state index in [4.69, 9.17) is 10.5 Å². The standard InChI is InChI=1S/C24H38N6O3S/c1-2-3-17-30-24(27-23(25)28-34(30,31)32)26-14-9-18-33-22-13-8-10-19-20(22)11-7-12-21(19)29-15-5-4-6-16-29/h8,10,13,21H,2-7,9,11-12,14-18H2,1H3,(H3,25,26,27,28). The van der Waals surface area contributed by atoms with Gasteiger partial charge in [-0.15, -0.1) is 4.40 Å². The lowest BCUT2D eigenvalue weighted by Gasteiger charge is -2.38. The van der Waals surface area contributed by atoms with Gasteiger partial charge in [0, 0.05) is 19.1 Å². The van der Waals surface area contributed by atoms with Crippen molar-refractivity contribution in [2.45, 2.75) is 70.8 Å². The molecule has 3 aliphatic rings. The van der Waals surface area contributed by atoms with E-state index in [1.807, 2.05) is 6.92 Å². The van der Waals surface area contributed by atoms with Gasteiger partial charge >= 0.3 is 10.2 Å². The smallest absolute Gasteiger partial charge is 0.350 e. The van der Waals surface area contributed by atoms with Gasteiger partial charge in [-0.3, -0.25) is 4.90 Å². The van der Waals surface area contributed by atoms with Crippen molar-refractivity contribution in [3.63, 3.8) is 0 Å². The number of nitrogens with two attached hydrogens (primary N) is 1. The van der Waals surface area contributed by atoms with Crippen LogP contribution in [0.25, 0.3) is 0 Å². The van der Waals surface area contributed by atoms with Gasteiger partial charge in [0.05, 0.1) is 6.61 Å². The summed E-state index contributed by atoms with van der Waals surface area (Å²) >= 11 is 0. The SMILES string of the molecule is CCCCN1C(NCCCOc2cccc3c2CCCC3N2CCCCC2)=NC(N)=NS1(=O)=O. The van der Waals surface area contributed by atoms with Crippen LogP contribution in [0.15, 0.2) is 27.6 Å². The topological polar surface area (TPSA) is 113 Å². The molecule has 188 valence electrons. The number of benzene rings is 1. The van der Waals surface area contributed by atoms with E-state index < -0.39 is 10.2 Å². The zero-order chi connectivity index (χ0) is 24.0. The molecule has 0 radical (unpaired) electrons. The Labute approximate surface area is 203 Å². The van der Waals surface area contributed by atoms with Gasteiger partial charge < -0.3 is 15.8 Å². The molecule has 2 aliphatic heterocycles. The second-order valence-corrected chi connectivity index (χ2v) is 10.8. The predicted octanol–water partition coefficient (Wildman–Crippen LogP) is 2.94. The third kappa shape index (κ3) is 5.83. The van der Waals surface area contributed by atoms with E-state index in [1.165, 1.54) is 60.6 Å². The molecule has 0 amide bonds. The minimum Gasteiger partial charge on any atom is -0.493 e. The van der Waals surface area contributed by atoms with Crippen molar-refractivity contribution >= 4 is 22.1 Å². The molecule has 1 saturated heterocycles. The van der Waals surface area contributed by atoms with Crippen LogP contribution in [0.3, 0.4) is 0 Å². The Hall–Kier alpha value is -2.33. The molecule has 4 rings (SSSR count). The Kier molecular flexibility index (Phi) is 8.31. The first kappa shape index (κ1) is 24.8. The van der Waals surface area contributed by atoms with Gasteiger partial charge in [0.2, 0.25) is 11.9 Å². The van der Waals surface area contributed by atoms with Crippen LogP contribution < -0.4 is 15.8 Å². The number of rotatable bonds is 9. The lowest BCUT2D eigenvalue weighted by molar-refractivity contribution is 0.147. The van der Waals surface area contributed by atoms with Crippen LogP contribution in [0, 0.1) is 0 Å². The summed E-state index contributed by atoms with van der Waals surface area (Å²) in [6, 6.07) is 6.98. The number of nitrogens with zero attached hydrogens (tertiary/aromatic N) is 4. The number of unbranched alkanes of at least 4 members (excludes halogenated alkanes) is 1. The fourth-order valence-corrected chi connectivity index (χ4v) is 6.16. The van der Waals surface area contributed by atoms with Crippen LogP contribution >= 0.6 is 0 Å². The van der Waals surface area contributed by atoms with Crippen LogP contribution in [0.2, 0.25) is 0 Å². The van der Waals surface area contributed by atoms with E-state index in [2.05, 4.69) is 37.8 Å². The number of piperidine rings is 1. The van der Waals surface area contributed by atoms with Crippen molar-refractivity contribution in [3.8, 4) is 5.75 Å². The van der Waals surface area contributed by atoms with Crippen molar-refractivity contribution in [1.29, 1.82) is 0 Å². The van der Waals surface area contributed by atoms with E-state index in [9.17, 15) is 8.42 Å². The quantitative estimate of drug-likeness (QED) is 0.515. The molecule has 0 spiro atoms. The molecule has 1 atom stereocenters. The summed E-state index contributed by atoms with van der Waals surface area (Å²) in [6.07, 6.45) is 9.73. The van der Waals surface area contributed by atoms with Crippen LogP contribution in [-0.2, 0) is 16.6 Å². The van der Waals surface area contributed by atoms with Crippen LogP contribution in [0.1, 0.15) is 75.5 Å². The zero-order valence-corrected chi connectivity index (χ0v) is 21.0. The largest absolute Gasteiger partial charge is 0.493 e. The second-order valence-electron chi connectivity index (χ2n) is 9.25. The molecule has 0 bridgehead atoms. The third-order valence-corrected chi connectivity index (χ3v) is 8.11. The molecular formula is C24H38N6O3S. The summed E-state index contributed by atoms with van der Waals surface area (Å²) in [5.74, 6) is 0.978. The summed E-state index contributed by atoms with van der Waals surface area (Å²) in [5, 5.41) is 3.11. The van der Waals surface area contributed by atoms with Crippen molar-refractivity contribution < 1.29 is 13.2 Å². The number of ether oxygens (including phenoxy) is 1. The molecule has 10 heteroatoms. The monoisotopic (exact) mass is 490 g/mol. The highest BCUT2D eigenvalue weighted by molar-refractivity contribution is 7.88. The Morgan fingerprint density at radius 1 is 1.18 bits per heavy atom. The minimum atomic E-state index is -3.84. The number of hydrogen-bond acceptors (Lipinski definition) is 7. The lowest BCUT2D eigenvalue weighted by atomic mass is 9.85. The maximum absolute atomic E-state index is 12.4. The molecule has 2 heterocycles. The van der Waals surface area contributed by atoms with Crippen LogP contribution in [0.4, 0.5) is 0 Å². The summed E-state index contributed by atoms with van der Waals surface area (Å²) in [6.45, 7) is 5.79. The predicted molar refractivity (Wildman–Crippen MR) is 135 cm³/mol. The Morgan fingerprint density at radius 3 is 2.79 bits per heavy atom. The Balaban J connectivity index is 1.32. The summed E-state index contributed by atoms with van der Waals surface area (Å²) < 4.78 is 35.6. The molecule has 1 fully saturated rings. The van der Waals surface area contributed by atoms with E-state index in [1.54, 1.807) is 0 Å². The number of fused-ring (bicyclic) bond motifs is 1. The molecule has 1 aromatic carbocycles. The maximum Gasteiger partial charge on any atom is 0.350 e. The average Bonchev–Trinajstić information content (AvgIpc) is 2.83. The highest BCUT2D eigenvalue weighted by Gasteiger charge is 2.30. The normalized spacial score (nSPS) is 22.5. The van der Waals surface area contributed by atoms with Crippen molar-refractivity contribution in [2.75, 3.05) is 32.8 Å². The first-order valence-corrected chi connectivity index (χ1v) is 14.1. The second kappa shape index (κ2) is 11.4. The zero-order valence-electron chi connectivity index (χ0n) is 20.2. The lowest BCUT2D eigenvalue weighted by Crippen LogP contribution is -2.48. The molecule has 1 aliphatic carbocycles. The highest BCUT2D eigenvalue weighted by atomic mass is 32.2. The van der Waals surface area contributed by atoms with Gasteiger partial charge in [0.15, 0.2) is 0 Å². The van der Waals surface area contributed by atoms with Crippen LogP contribution in [-0.4, -0.2) is 62.3 Å². The molecule has 1 unspecified atom stereocenters.